The fourth-order valence-electron chi connectivity index (χ4n) is 4.76. The molecule has 3 rings (SSSR count). The Bertz CT molecular complexity index is 474. The Morgan fingerprint density at radius 2 is 2.15 bits per heavy atom. The fourth-order valence-corrected chi connectivity index (χ4v) is 4.76. The summed E-state index contributed by atoms with van der Waals surface area (Å²) in [5.41, 5.74) is 1.28. The van der Waals surface area contributed by atoms with Crippen molar-refractivity contribution in [2.45, 2.75) is 52.6 Å². The summed E-state index contributed by atoms with van der Waals surface area (Å²) >= 11 is 0. The number of hydrogen-bond donors (Lipinski definition) is 1. The topological polar surface area (TPSA) is 37.3 Å². The van der Waals surface area contributed by atoms with Crippen LogP contribution in [0.5, 0.6) is 0 Å². The molecule has 2 nitrogen and oxygen atoms in total. The highest BCUT2D eigenvalue weighted by molar-refractivity contribution is 5.91. The molecule has 0 amide bonds. The summed E-state index contributed by atoms with van der Waals surface area (Å²) in [4.78, 5) is 11.6. The molecule has 20 heavy (non-hydrogen) atoms. The molecule has 2 heteroatoms. The number of aliphatic hydroxyl groups is 1. The van der Waals surface area contributed by atoms with E-state index < -0.39 is 0 Å². The van der Waals surface area contributed by atoms with E-state index in [0.717, 1.165) is 12.8 Å². The number of rotatable bonds is 1. The zero-order valence-electron chi connectivity index (χ0n) is 12.8. The van der Waals surface area contributed by atoms with Crippen LogP contribution >= 0.6 is 0 Å². The van der Waals surface area contributed by atoms with E-state index in [2.05, 4.69) is 26.0 Å². The van der Waals surface area contributed by atoms with Crippen molar-refractivity contribution in [1.29, 1.82) is 0 Å². The molecule has 3 aliphatic rings. The molecular weight excluding hydrogens is 248 g/mol. The predicted molar refractivity (Wildman–Crippen MR) is 80.1 cm³/mol. The van der Waals surface area contributed by atoms with Crippen molar-refractivity contribution in [2.24, 2.45) is 29.1 Å². The summed E-state index contributed by atoms with van der Waals surface area (Å²) in [7, 11) is 0. The highest BCUT2D eigenvalue weighted by atomic mass is 16.3. The van der Waals surface area contributed by atoms with Crippen LogP contribution in [0.1, 0.15) is 46.5 Å². The molecule has 0 aromatic rings. The Balaban J connectivity index is 1.92. The Morgan fingerprint density at radius 1 is 1.40 bits per heavy atom. The first kappa shape index (κ1) is 14.1. The van der Waals surface area contributed by atoms with Crippen LogP contribution in [0.25, 0.3) is 0 Å². The highest BCUT2D eigenvalue weighted by Gasteiger charge is 2.49. The molecular formula is C18H26O2. The number of ketones is 1. The summed E-state index contributed by atoms with van der Waals surface area (Å²) in [5, 5.41) is 10.2. The van der Waals surface area contributed by atoms with Gasteiger partial charge in [0.25, 0.3) is 0 Å². The highest BCUT2D eigenvalue weighted by Crippen LogP contribution is 2.55. The molecule has 0 radical (unpaired) electrons. The van der Waals surface area contributed by atoms with Gasteiger partial charge in [0.2, 0.25) is 0 Å². The Labute approximate surface area is 122 Å². The van der Waals surface area contributed by atoms with Crippen LogP contribution < -0.4 is 0 Å². The summed E-state index contributed by atoms with van der Waals surface area (Å²) < 4.78 is 0. The largest absolute Gasteiger partial charge is 0.393 e. The van der Waals surface area contributed by atoms with Gasteiger partial charge in [-0.15, -0.1) is 0 Å². The molecule has 0 aromatic heterocycles. The maximum Gasteiger partial charge on any atom is 0.155 e. The van der Waals surface area contributed by atoms with E-state index >= 15 is 0 Å². The first-order chi connectivity index (χ1) is 9.43. The molecule has 0 spiro atoms. The predicted octanol–water partition coefficient (Wildman–Crippen LogP) is 3.51. The van der Waals surface area contributed by atoms with E-state index in [4.69, 9.17) is 0 Å². The zero-order valence-corrected chi connectivity index (χ0v) is 12.8. The van der Waals surface area contributed by atoms with Gasteiger partial charge < -0.3 is 5.11 Å². The van der Waals surface area contributed by atoms with Crippen LogP contribution in [0, 0.1) is 29.1 Å². The average molecular weight is 274 g/mol. The number of fused-ring (bicyclic) bond motifs is 3. The molecule has 1 saturated carbocycles. The molecule has 110 valence electrons. The number of carbonyl (C=O) groups excluding carboxylic acids is 1. The SMILES string of the molecule is CC(O)C1(C)CCC2C3CCC(=O)C=C3C=CC2C1C. The second-order valence-electron chi connectivity index (χ2n) is 7.37. The lowest BCUT2D eigenvalue weighted by molar-refractivity contribution is -0.115. The van der Waals surface area contributed by atoms with Gasteiger partial charge in [-0.2, -0.15) is 0 Å². The molecule has 0 bridgehead atoms. The van der Waals surface area contributed by atoms with E-state index in [9.17, 15) is 9.90 Å². The van der Waals surface area contributed by atoms with E-state index in [0.29, 0.717) is 30.1 Å². The van der Waals surface area contributed by atoms with Crippen LogP contribution in [-0.4, -0.2) is 17.0 Å². The van der Waals surface area contributed by atoms with Crippen LogP contribution in [0.15, 0.2) is 23.8 Å². The molecule has 1 fully saturated rings. The van der Waals surface area contributed by atoms with E-state index in [1.807, 2.05) is 13.0 Å². The van der Waals surface area contributed by atoms with Gasteiger partial charge in [0.1, 0.15) is 0 Å². The second-order valence-corrected chi connectivity index (χ2v) is 7.37. The molecule has 6 unspecified atom stereocenters. The molecule has 0 saturated heterocycles. The third-order valence-electron chi connectivity index (χ3n) is 6.57. The minimum Gasteiger partial charge on any atom is -0.393 e. The lowest BCUT2D eigenvalue weighted by Gasteiger charge is -2.53. The minimum absolute atomic E-state index is 0.0250. The standard InChI is InChI=1S/C18H26O2/c1-11-15-6-4-13-10-14(20)5-7-16(13)17(15)8-9-18(11,3)12(2)19/h4,6,10-12,15-17,19H,5,7-9H2,1-3H3. The van der Waals surface area contributed by atoms with E-state index in [1.165, 1.54) is 12.0 Å². The number of carbonyl (C=O) groups is 1. The van der Waals surface area contributed by atoms with Crippen LogP contribution in [0.4, 0.5) is 0 Å². The van der Waals surface area contributed by atoms with Crippen molar-refractivity contribution in [2.75, 3.05) is 0 Å². The van der Waals surface area contributed by atoms with Gasteiger partial charge in [-0.25, -0.2) is 0 Å². The maximum atomic E-state index is 11.6. The summed E-state index contributed by atoms with van der Waals surface area (Å²) in [6, 6.07) is 0. The number of aliphatic hydroxyl groups excluding tert-OH is 1. The summed E-state index contributed by atoms with van der Waals surface area (Å²) in [6.07, 6.45) is 10.1. The first-order valence-electron chi connectivity index (χ1n) is 8.04. The lowest BCUT2D eigenvalue weighted by Crippen LogP contribution is -2.48. The number of hydrogen-bond acceptors (Lipinski definition) is 2. The number of allylic oxidation sites excluding steroid dienone is 4. The normalized spacial score (nSPS) is 45.4. The van der Waals surface area contributed by atoms with Crippen LogP contribution in [0.2, 0.25) is 0 Å². The van der Waals surface area contributed by atoms with Gasteiger partial charge in [0.05, 0.1) is 6.10 Å². The van der Waals surface area contributed by atoms with E-state index in [-0.39, 0.29) is 17.3 Å². The quantitative estimate of drug-likeness (QED) is 0.794. The molecule has 0 aliphatic heterocycles. The molecule has 0 heterocycles. The monoisotopic (exact) mass is 274 g/mol. The Hall–Kier alpha value is -0.890. The summed E-state index contributed by atoms with van der Waals surface area (Å²) in [6.45, 7) is 6.48. The van der Waals surface area contributed by atoms with E-state index in [1.54, 1.807) is 0 Å². The molecule has 1 N–H and O–H groups in total. The van der Waals surface area contributed by atoms with Crippen LogP contribution in [0.3, 0.4) is 0 Å². The van der Waals surface area contributed by atoms with Crippen molar-refractivity contribution in [1.82, 2.24) is 0 Å². The third-order valence-corrected chi connectivity index (χ3v) is 6.57. The first-order valence-corrected chi connectivity index (χ1v) is 8.04. The Kier molecular flexibility index (Phi) is 3.40. The van der Waals surface area contributed by atoms with Gasteiger partial charge in [-0.05, 0) is 66.9 Å². The molecule has 0 aromatic carbocycles. The average Bonchev–Trinajstić information content (AvgIpc) is 2.42. The second kappa shape index (κ2) is 4.84. The smallest absolute Gasteiger partial charge is 0.155 e. The van der Waals surface area contributed by atoms with Gasteiger partial charge in [-0.1, -0.05) is 26.0 Å². The van der Waals surface area contributed by atoms with Crippen molar-refractivity contribution in [3.63, 3.8) is 0 Å². The van der Waals surface area contributed by atoms with Gasteiger partial charge in [-0.3, -0.25) is 4.79 Å². The van der Waals surface area contributed by atoms with Crippen LogP contribution in [-0.2, 0) is 4.79 Å². The molecule has 3 aliphatic carbocycles. The maximum absolute atomic E-state index is 11.6. The zero-order chi connectivity index (χ0) is 14.5. The minimum atomic E-state index is -0.253. The fraction of sp³-hybridized carbons (Fsp3) is 0.722. The third kappa shape index (κ3) is 2.00. The van der Waals surface area contributed by atoms with Crippen molar-refractivity contribution >= 4 is 5.78 Å². The van der Waals surface area contributed by atoms with Crippen molar-refractivity contribution in [3.05, 3.63) is 23.8 Å². The van der Waals surface area contributed by atoms with Crippen molar-refractivity contribution in [3.8, 4) is 0 Å². The van der Waals surface area contributed by atoms with Gasteiger partial charge >= 0.3 is 0 Å². The Morgan fingerprint density at radius 3 is 2.85 bits per heavy atom. The van der Waals surface area contributed by atoms with Gasteiger partial charge in [0.15, 0.2) is 5.78 Å². The van der Waals surface area contributed by atoms with Gasteiger partial charge in [0, 0.05) is 6.42 Å². The summed E-state index contributed by atoms with van der Waals surface area (Å²) in [5.74, 6) is 2.58. The molecule has 6 atom stereocenters. The van der Waals surface area contributed by atoms with Crippen molar-refractivity contribution < 1.29 is 9.90 Å². The lowest BCUT2D eigenvalue weighted by atomic mass is 9.52.